The smallest absolute Gasteiger partial charge is 0.243 e. The zero-order chi connectivity index (χ0) is 17.0. The van der Waals surface area contributed by atoms with Gasteiger partial charge in [-0.15, -0.1) is 0 Å². The average Bonchev–Trinajstić information content (AvgIpc) is 2.56. The molecule has 0 unspecified atom stereocenters. The molecular weight excluding hydrogens is 312 g/mol. The van der Waals surface area contributed by atoms with Crippen molar-refractivity contribution >= 4 is 15.9 Å². The molecule has 1 amide bonds. The molecule has 1 aliphatic heterocycles. The predicted octanol–water partition coefficient (Wildman–Crippen LogP) is 2.26. The first-order valence-corrected chi connectivity index (χ1v) is 9.69. The van der Waals surface area contributed by atoms with Gasteiger partial charge < -0.3 is 4.90 Å². The van der Waals surface area contributed by atoms with Crippen molar-refractivity contribution in [2.45, 2.75) is 38.5 Å². The van der Waals surface area contributed by atoms with E-state index in [1.165, 1.54) is 4.31 Å². The lowest BCUT2D eigenvalue weighted by molar-refractivity contribution is -0.136. The molecule has 0 aliphatic carbocycles. The van der Waals surface area contributed by atoms with Gasteiger partial charge >= 0.3 is 0 Å². The van der Waals surface area contributed by atoms with Crippen molar-refractivity contribution < 1.29 is 13.2 Å². The summed E-state index contributed by atoms with van der Waals surface area (Å²) in [4.78, 5) is 14.5. The molecule has 0 atom stereocenters. The van der Waals surface area contributed by atoms with Crippen molar-refractivity contribution in [1.29, 1.82) is 0 Å². The van der Waals surface area contributed by atoms with Gasteiger partial charge in [0.15, 0.2) is 0 Å². The highest BCUT2D eigenvalue weighted by Gasteiger charge is 2.31. The summed E-state index contributed by atoms with van der Waals surface area (Å²) in [5.41, 5.74) is 0.925. The van der Waals surface area contributed by atoms with E-state index in [9.17, 15) is 13.2 Å². The number of aryl methyl sites for hydroxylation is 1. The van der Waals surface area contributed by atoms with E-state index in [1.807, 2.05) is 26.8 Å². The first-order chi connectivity index (χ1) is 10.9. The molecule has 1 aromatic carbocycles. The lowest BCUT2D eigenvalue weighted by Crippen LogP contribution is -2.51. The van der Waals surface area contributed by atoms with Crippen LogP contribution in [0.3, 0.4) is 0 Å². The maximum absolute atomic E-state index is 12.7. The first kappa shape index (κ1) is 17.9. The van der Waals surface area contributed by atoms with Gasteiger partial charge in [0.2, 0.25) is 15.9 Å². The van der Waals surface area contributed by atoms with Gasteiger partial charge in [0.1, 0.15) is 0 Å². The Morgan fingerprint density at radius 3 is 2.26 bits per heavy atom. The Kier molecular flexibility index (Phi) is 5.81. The number of rotatable bonds is 5. The number of hydrogen-bond donors (Lipinski definition) is 0. The zero-order valence-corrected chi connectivity index (χ0v) is 15.0. The Labute approximate surface area is 139 Å². The molecule has 0 saturated carbocycles. The molecule has 1 aromatic rings. The third-order valence-corrected chi connectivity index (χ3v) is 6.41. The van der Waals surface area contributed by atoms with Crippen LogP contribution in [0.4, 0.5) is 0 Å². The van der Waals surface area contributed by atoms with Crippen LogP contribution in [-0.2, 0) is 14.8 Å². The molecule has 0 bridgehead atoms. The van der Waals surface area contributed by atoms with E-state index in [2.05, 4.69) is 0 Å². The minimum Gasteiger partial charge on any atom is -0.340 e. The summed E-state index contributed by atoms with van der Waals surface area (Å²) in [6.07, 6.45) is 1.66. The van der Waals surface area contributed by atoms with Gasteiger partial charge in [0.05, 0.1) is 4.90 Å². The van der Waals surface area contributed by atoms with Crippen LogP contribution in [0, 0.1) is 12.8 Å². The highest BCUT2D eigenvalue weighted by atomic mass is 32.2. The molecule has 1 heterocycles. The number of hydrogen-bond acceptors (Lipinski definition) is 3. The molecule has 6 heteroatoms. The van der Waals surface area contributed by atoms with Gasteiger partial charge in [0, 0.05) is 32.1 Å². The topological polar surface area (TPSA) is 57.7 Å². The Hall–Kier alpha value is -1.40. The normalized spacial score (nSPS) is 16.8. The van der Waals surface area contributed by atoms with Crippen molar-refractivity contribution in [2.75, 3.05) is 26.2 Å². The summed E-state index contributed by atoms with van der Waals surface area (Å²) in [5.74, 6) is 0.206. The van der Waals surface area contributed by atoms with E-state index in [0.717, 1.165) is 18.4 Å². The van der Waals surface area contributed by atoms with Gasteiger partial charge in [-0.1, -0.05) is 26.0 Å². The largest absolute Gasteiger partial charge is 0.340 e. The fraction of sp³-hybridized carbons (Fsp3) is 0.588. The van der Waals surface area contributed by atoms with Crippen molar-refractivity contribution in [3.63, 3.8) is 0 Å². The monoisotopic (exact) mass is 338 g/mol. The number of nitrogens with zero attached hydrogens (tertiary/aromatic N) is 2. The Morgan fingerprint density at radius 1 is 1.13 bits per heavy atom. The van der Waals surface area contributed by atoms with Crippen LogP contribution < -0.4 is 0 Å². The number of sulfonamides is 1. The third kappa shape index (κ3) is 3.93. The summed E-state index contributed by atoms with van der Waals surface area (Å²) in [7, 11) is -3.47. The number of carbonyl (C=O) groups is 1. The lowest BCUT2D eigenvalue weighted by Gasteiger charge is -2.35. The minimum absolute atomic E-state index is 0.0509. The quantitative estimate of drug-likeness (QED) is 0.827. The second-order valence-electron chi connectivity index (χ2n) is 6.06. The van der Waals surface area contributed by atoms with Crippen molar-refractivity contribution in [1.82, 2.24) is 9.21 Å². The highest BCUT2D eigenvalue weighted by Crippen LogP contribution is 2.20. The fourth-order valence-corrected chi connectivity index (χ4v) is 4.50. The van der Waals surface area contributed by atoms with Gasteiger partial charge in [-0.2, -0.15) is 4.31 Å². The Balaban J connectivity index is 2.05. The maximum Gasteiger partial charge on any atom is 0.243 e. The molecule has 0 radical (unpaired) electrons. The molecule has 1 fully saturated rings. The van der Waals surface area contributed by atoms with E-state index >= 15 is 0 Å². The molecule has 0 aromatic heterocycles. The molecule has 1 saturated heterocycles. The molecule has 2 rings (SSSR count). The second kappa shape index (κ2) is 7.45. The SMILES string of the molecule is CCC(CC)C(=O)N1CCN(S(=O)(=O)c2cccc(C)c2)CC1. The molecule has 23 heavy (non-hydrogen) atoms. The Morgan fingerprint density at radius 2 is 1.74 bits per heavy atom. The summed E-state index contributed by atoms with van der Waals surface area (Å²) in [6.45, 7) is 7.59. The third-order valence-electron chi connectivity index (χ3n) is 4.51. The van der Waals surface area contributed by atoms with Crippen LogP contribution >= 0.6 is 0 Å². The van der Waals surface area contributed by atoms with Crippen molar-refractivity contribution in [3.8, 4) is 0 Å². The summed E-state index contributed by atoms with van der Waals surface area (Å²) in [6, 6.07) is 6.96. The van der Waals surface area contributed by atoms with E-state index in [0.29, 0.717) is 31.1 Å². The van der Waals surface area contributed by atoms with Crippen LogP contribution in [0.25, 0.3) is 0 Å². The molecule has 0 N–H and O–H groups in total. The highest BCUT2D eigenvalue weighted by molar-refractivity contribution is 7.89. The second-order valence-corrected chi connectivity index (χ2v) is 8.00. The van der Waals surface area contributed by atoms with Gasteiger partial charge in [0.25, 0.3) is 0 Å². The van der Waals surface area contributed by atoms with Gasteiger partial charge in [-0.05, 0) is 37.5 Å². The number of piperazine rings is 1. The molecule has 0 spiro atoms. The number of carbonyl (C=O) groups excluding carboxylic acids is 1. The van der Waals surface area contributed by atoms with E-state index in [1.54, 1.807) is 23.1 Å². The van der Waals surface area contributed by atoms with Crippen LogP contribution in [0.1, 0.15) is 32.3 Å². The number of amides is 1. The zero-order valence-electron chi connectivity index (χ0n) is 14.2. The van der Waals surface area contributed by atoms with Crippen LogP contribution in [0.2, 0.25) is 0 Å². The predicted molar refractivity (Wildman–Crippen MR) is 90.6 cm³/mol. The van der Waals surface area contributed by atoms with E-state index in [-0.39, 0.29) is 11.8 Å². The van der Waals surface area contributed by atoms with Crippen LogP contribution in [0.5, 0.6) is 0 Å². The average molecular weight is 338 g/mol. The van der Waals surface area contributed by atoms with Gasteiger partial charge in [-0.3, -0.25) is 4.79 Å². The first-order valence-electron chi connectivity index (χ1n) is 8.25. The van der Waals surface area contributed by atoms with E-state index in [4.69, 9.17) is 0 Å². The van der Waals surface area contributed by atoms with Crippen molar-refractivity contribution in [2.24, 2.45) is 5.92 Å². The number of benzene rings is 1. The molecule has 128 valence electrons. The Bertz CT molecular complexity index is 646. The summed E-state index contributed by atoms with van der Waals surface area (Å²) < 4.78 is 26.9. The lowest BCUT2D eigenvalue weighted by atomic mass is 10.0. The minimum atomic E-state index is -3.47. The maximum atomic E-state index is 12.7. The van der Waals surface area contributed by atoms with E-state index < -0.39 is 10.0 Å². The standard InChI is InChI=1S/C17H26N2O3S/c1-4-15(5-2)17(20)18-9-11-19(12-10-18)23(21,22)16-8-6-7-14(3)13-16/h6-8,13,15H,4-5,9-12H2,1-3H3. The molecular formula is C17H26N2O3S. The van der Waals surface area contributed by atoms with Crippen LogP contribution in [0.15, 0.2) is 29.2 Å². The van der Waals surface area contributed by atoms with Gasteiger partial charge in [-0.25, -0.2) is 8.42 Å². The summed E-state index contributed by atoms with van der Waals surface area (Å²) in [5, 5.41) is 0. The molecule has 1 aliphatic rings. The van der Waals surface area contributed by atoms with Crippen LogP contribution in [-0.4, -0.2) is 49.7 Å². The van der Waals surface area contributed by atoms with Crippen molar-refractivity contribution in [3.05, 3.63) is 29.8 Å². The summed E-state index contributed by atoms with van der Waals surface area (Å²) >= 11 is 0. The fourth-order valence-electron chi connectivity index (χ4n) is 2.97. The molecule has 5 nitrogen and oxygen atoms in total.